The quantitative estimate of drug-likeness (QED) is 0.841. The molecule has 0 aliphatic heterocycles. The molecule has 21 heavy (non-hydrogen) atoms. The zero-order valence-electron chi connectivity index (χ0n) is 12.6. The third-order valence-electron chi connectivity index (χ3n) is 3.75. The number of nitrogens with zero attached hydrogens (tertiary/aromatic N) is 1. The minimum atomic E-state index is 0.164. The number of rotatable bonds is 5. The van der Waals surface area contributed by atoms with Crippen LogP contribution in [0.15, 0.2) is 42.6 Å². The summed E-state index contributed by atoms with van der Waals surface area (Å²) in [4.78, 5) is 4.38. The Balaban J connectivity index is 2.24. The highest BCUT2D eigenvalue weighted by Gasteiger charge is 2.17. The van der Waals surface area contributed by atoms with Gasteiger partial charge in [0.25, 0.3) is 0 Å². The van der Waals surface area contributed by atoms with Crippen LogP contribution >= 0.6 is 12.2 Å². The van der Waals surface area contributed by atoms with E-state index < -0.39 is 0 Å². The summed E-state index contributed by atoms with van der Waals surface area (Å²) in [6, 6.07) is 11.7. The van der Waals surface area contributed by atoms with Crippen LogP contribution in [-0.2, 0) is 5.41 Å². The molecule has 110 valence electrons. The summed E-state index contributed by atoms with van der Waals surface area (Å²) >= 11 is 4.99. The molecule has 0 bridgehead atoms. The predicted molar refractivity (Wildman–Crippen MR) is 90.0 cm³/mol. The zero-order chi connectivity index (χ0) is 15.5. The smallest absolute Gasteiger partial charge is 0.156 e. The van der Waals surface area contributed by atoms with Gasteiger partial charge in [0.2, 0.25) is 0 Å². The molecular formula is C17H20N2OS. The van der Waals surface area contributed by atoms with Gasteiger partial charge in [-0.05, 0) is 41.7 Å². The van der Waals surface area contributed by atoms with Gasteiger partial charge >= 0.3 is 0 Å². The highest BCUT2D eigenvalue weighted by Crippen LogP contribution is 2.30. The first-order chi connectivity index (χ1) is 9.94. The molecule has 0 amide bonds. The van der Waals surface area contributed by atoms with E-state index in [1.54, 1.807) is 12.3 Å². The maximum Gasteiger partial charge on any atom is 0.156 e. The number of hydrogen-bond acceptors (Lipinski definition) is 3. The second kappa shape index (κ2) is 6.22. The van der Waals surface area contributed by atoms with Crippen molar-refractivity contribution in [3.8, 4) is 11.5 Å². The van der Waals surface area contributed by atoms with Crippen molar-refractivity contribution in [1.29, 1.82) is 0 Å². The Labute approximate surface area is 131 Å². The van der Waals surface area contributed by atoms with Gasteiger partial charge in [-0.25, -0.2) is 4.98 Å². The van der Waals surface area contributed by atoms with Crippen LogP contribution in [0.25, 0.3) is 0 Å². The van der Waals surface area contributed by atoms with E-state index in [1.165, 1.54) is 5.56 Å². The van der Waals surface area contributed by atoms with Crippen molar-refractivity contribution in [2.24, 2.45) is 5.73 Å². The molecule has 1 heterocycles. The molecule has 0 aliphatic rings. The van der Waals surface area contributed by atoms with Crippen molar-refractivity contribution in [2.75, 3.05) is 0 Å². The molecule has 0 aliphatic carbocycles. The number of aromatic nitrogens is 1. The Morgan fingerprint density at radius 3 is 2.48 bits per heavy atom. The first-order valence-electron chi connectivity index (χ1n) is 6.97. The van der Waals surface area contributed by atoms with Crippen molar-refractivity contribution in [2.45, 2.75) is 32.6 Å². The van der Waals surface area contributed by atoms with E-state index in [0.29, 0.717) is 11.4 Å². The lowest BCUT2D eigenvalue weighted by atomic mass is 9.82. The average molecular weight is 300 g/mol. The standard InChI is InChI=1S/C17H20N2OS/c1-4-17(2,3)12-7-9-13(10-8-12)20-14-6-5-11-19-15(14)16(18)21/h5-11H,4H2,1-3H3,(H2,18,21). The fourth-order valence-electron chi connectivity index (χ4n) is 1.96. The van der Waals surface area contributed by atoms with Crippen molar-refractivity contribution >= 4 is 17.2 Å². The molecular weight excluding hydrogens is 280 g/mol. The molecule has 3 nitrogen and oxygen atoms in total. The van der Waals surface area contributed by atoms with Gasteiger partial charge in [0, 0.05) is 6.20 Å². The Morgan fingerprint density at radius 2 is 1.90 bits per heavy atom. The van der Waals surface area contributed by atoms with Crippen molar-refractivity contribution in [3.63, 3.8) is 0 Å². The van der Waals surface area contributed by atoms with E-state index in [1.807, 2.05) is 18.2 Å². The third kappa shape index (κ3) is 3.58. The lowest BCUT2D eigenvalue weighted by Crippen LogP contribution is -2.15. The van der Waals surface area contributed by atoms with Gasteiger partial charge in [-0.2, -0.15) is 0 Å². The van der Waals surface area contributed by atoms with E-state index in [2.05, 4.69) is 37.9 Å². The molecule has 0 unspecified atom stereocenters. The Morgan fingerprint density at radius 1 is 1.24 bits per heavy atom. The largest absolute Gasteiger partial charge is 0.455 e. The molecule has 2 aromatic rings. The molecule has 0 radical (unpaired) electrons. The number of nitrogens with two attached hydrogens (primary N) is 1. The van der Waals surface area contributed by atoms with Crippen LogP contribution in [0, 0.1) is 0 Å². The predicted octanol–water partition coefficient (Wildman–Crippen LogP) is 4.20. The number of pyridine rings is 1. The molecule has 0 saturated heterocycles. The van der Waals surface area contributed by atoms with Crippen molar-refractivity contribution in [1.82, 2.24) is 4.98 Å². The van der Waals surface area contributed by atoms with Gasteiger partial charge in [-0.1, -0.05) is 45.1 Å². The monoisotopic (exact) mass is 300 g/mol. The molecule has 0 fully saturated rings. The van der Waals surface area contributed by atoms with Gasteiger partial charge in [-0.3, -0.25) is 0 Å². The van der Waals surface area contributed by atoms with Crippen LogP contribution < -0.4 is 10.5 Å². The SMILES string of the molecule is CCC(C)(C)c1ccc(Oc2cccnc2C(N)=S)cc1. The van der Waals surface area contributed by atoms with E-state index >= 15 is 0 Å². The number of ether oxygens (including phenoxy) is 1. The zero-order valence-corrected chi connectivity index (χ0v) is 13.4. The molecule has 2 rings (SSSR count). The first-order valence-corrected chi connectivity index (χ1v) is 7.38. The van der Waals surface area contributed by atoms with E-state index in [9.17, 15) is 0 Å². The van der Waals surface area contributed by atoms with E-state index in [-0.39, 0.29) is 10.4 Å². The van der Waals surface area contributed by atoms with Crippen molar-refractivity contribution < 1.29 is 4.74 Å². The summed E-state index contributed by atoms with van der Waals surface area (Å²) in [5, 5.41) is 0. The second-order valence-corrected chi connectivity index (χ2v) is 6.02. The van der Waals surface area contributed by atoms with Crippen LogP contribution in [0.4, 0.5) is 0 Å². The third-order valence-corrected chi connectivity index (χ3v) is 3.94. The van der Waals surface area contributed by atoms with Crippen LogP contribution in [0.1, 0.15) is 38.4 Å². The molecule has 0 spiro atoms. The summed E-state index contributed by atoms with van der Waals surface area (Å²) in [6.07, 6.45) is 2.73. The molecule has 0 atom stereocenters. The summed E-state index contributed by atoms with van der Waals surface area (Å²) in [6.45, 7) is 6.65. The fraction of sp³-hybridized carbons (Fsp3) is 0.294. The number of thiocarbonyl (C=S) groups is 1. The Hall–Kier alpha value is -1.94. The average Bonchev–Trinajstić information content (AvgIpc) is 2.48. The van der Waals surface area contributed by atoms with Gasteiger partial charge < -0.3 is 10.5 Å². The maximum absolute atomic E-state index is 5.84. The minimum Gasteiger partial charge on any atom is -0.455 e. The van der Waals surface area contributed by atoms with Crippen LogP contribution in [0.5, 0.6) is 11.5 Å². The van der Waals surface area contributed by atoms with E-state index in [0.717, 1.165) is 12.2 Å². The van der Waals surface area contributed by atoms with Gasteiger partial charge in [0.15, 0.2) is 5.75 Å². The van der Waals surface area contributed by atoms with Gasteiger partial charge in [0.1, 0.15) is 16.4 Å². The van der Waals surface area contributed by atoms with Gasteiger partial charge in [0.05, 0.1) is 0 Å². The molecule has 1 aromatic heterocycles. The van der Waals surface area contributed by atoms with Crippen LogP contribution in [0.3, 0.4) is 0 Å². The lowest BCUT2D eigenvalue weighted by Gasteiger charge is -2.23. The van der Waals surface area contributed by atoms with Gasteiger partial charge in [-0.15, -0.1) is 0 Å². The highest BCUT2D eigenvalue weighted by atomic mass is 32.1. The summed E-state index contributed by atoms with van der Waals surface area (Å²) in [7, 11) is 0. The number of hydrogen-bond donors (Lipinski definition) is 1. The molecule has 0 saturated carbocycles. The maximum atomic E-state index is 5.84. The fourth-order valence-corrected chi connectivity index (χ4v) is 2.12. The highest BCUT2D eigenvalue weighted by molar-refractivity contribution is 7.80. The number of benzene rings is 1. The van der Waals surface area contributed by atoms with Crippen LogP contribution in [-0.4, -0.2) is 9.97 Å². The van der Waals surface area contributed by atoms with Crippen LogP contribution in [0.2, 0.25) is 0 Å². The van der Waals surface area contributed by atoms with E-state index in [4.69, 9.17) is 22.7 Å². The summed E-state index contributed by atoms with van der Waals surface area (Å²) < 4.78 is 5.84. The normalized spacial score (nSPS) is 11.2. The topological polar surface area (TPSA) is 48.1 Å². The lowest BCUT2D eigenvalue weighted by molar-refractivity contribution is 0.475. The second-order valence-electron chi connectivity index (χ2n) is 5.58. The van der Waals surface area contributed by atoms with Crippen molar-refractivity contribution in [3.05, 3.63) is 53.9 Å². The first kappa shape index (κ1) is 15.4. The summed E-state index contributed by atoms with van der Waals surface area (Å²) in [5.74, 6) is 1.32. The molecule has 4 heteroatoms. The summed E-state index contributed by atoms with van der Waals surface area (Å²) in [5.41, 5.74) is 7.61. The Bertz CT molecular complexity index is 635. The minimum absolute atomic E-state index is 0.164. The molecule has 1 aromatic carbocycles. The molecule has 2 N–H and O–H groups in total. The Kier molecular flexibility index (Phi) is 4.58.